The summed E-state index contributed by atoms with van der Waals surface area (Å²) in [5.41, 5.74) is 6.09. The predicted octanol–water partition coefficient (Wildman–Crippen LogP) is 7.71. The van der Waals surface area contributed by atoms with Gasteiger partial charge in [0.15, 0.2) is 17.5 Å². The molecule has 0 aliphatic rings. The van der Waals surface area contributed by atoms with Crippen LogP contribution in [0.15, 0.2) is 103 Å². The van der Waals surface area contributed by atoms with Crippen LogP contribution in [0.3, 0.4) is 0 Å². The van der Waals surface area contributed by atoms with Crippen molar-refractivity contribution in [1.82, 2.24) is 19.9 Å². The minimum Gasteiger partial charge on any atom is -0.241 e. The van der Waals surface area contributed by atoms with Crippen molar-refractivity contribution in [2.45, 2.75) is 13.3 Å². The minimum absolute atomic E-state index is 0.654. The van der Waals surface area contributed by atoms with Crippen molar-refractivity contribution in [3.8, 4) is 45.3 Å². The molecule has 168 valence electrons. The van der Waals surface area contributed by atoms with Gasteiger partial charge in [0.25, 0.3) is 0 Å². The molecule has 6 rings (SSSR count). The molecule has 0 saturated carbocycles. The van der Waals surface area contributed by atoms with E-state index in [1.165, 1.54) is 4.70 Å². The van der Waals surface area contributed by atoms with Gasteiger partial charge in [0.1, 0.15) is 0 Å². The first-order valence-corrected chi connectivity index (χ1v) is 12.5. The maximum Gasteiger partial charge on any atom is 0.164 e. The average Bonchev–Trinajstić information content (AvgIpc) is 3.36. The molecule has 0 N–H and O–H groups in total. The summed E-state index contributed by atoms with van der Waals surface area (Å²) in [6.07, 6.45) is 0.945. The molecule has 2 heterocycles. The Morgan fingerprint density at radius 3 is 1.74 bits per heavy atom. The topological polar surface area (TPSA) is 51.6 Å². The van der Waals surface area contributed by atoms with Gasteiger partial charge in [-0.25, -0.2) is 19.9 Å². The summed E-state index contributed by atoms with van der Waals surface area (Å²) in [6, 6.07) is 34.9. The van der Waals surface area contributed by atoms with Crippen LogP contribution in [0.4, 0.5) is 0 Å². The predicted molar refractivity (Wildman–Crippen MR) is 144 cm³/mol. The number of hydrogen-bond acceptors (Lipinski definition) is 5. The third-order valence-electron chi connectivity index (χ3n) is 5.91. The lowest BCUT2D eigenvalue weighted by atomic mass is 9.99. The first kappa shape index (κ1) is 21.3. The van der Waals surface area contributed by atoms with Crippen molar-refractivity contribution in [3.05, 3.63) is 108 Å². The quantitative estimate of drug-likeness (QED) is 0.259. The Morgan fingerprint density at radius 1 is 0.543 bits per heavy atom. The lowest BCUT2D eigenvalue weighted by Crippen LogP contribution is -2.01. The third-order valence-corrected chi connectivity index (χ3v) is 7.09. The molecule has 0 spiro atoms. The molecule has 5 heteroatoms. The van der Waals surface area contributed by atoms with Gasteiger partial charge in [0.2, 0.25) is 0 Å². The van der Waals surface area contributed by atoms with Crippen molar-refractivity contribution in [2.75, 3.05) is 0 Å². The molecule has 0 aliphatic heterocycles. The highest BCUT2D eigenvalue weighted by molar-refractivity contribution is 7.18. The van der Waals surface area contributed by atoms with Gasteiger partial charge in [-0.3, -0.25) is 0 Å². The molecule has 0 atom stereocenters. The van der Waals surface area contributed by atoms with E-state index in [0.29, 0.717) is 17.5 Å². The van der Waals surface area contributed by atoms with Crippen molar-refractivity contribution < 1.29 is 0 Å². The zero-order valence-electron chi connectivity index (χ0n) is 19.2. The number of rotatable bonds is 5. The fraction of sp³-hybridized carbons (Fsp3) is 0.0667. The molecule has 0 bridgehead atoms. The number of hydrogen-bond donors (Lipinski definition) is 0. The van der Waals surface area contributed by atoms with Crippen molar-refractivity contribution in [2.24, 2.45) is 0 Å². The number of aromatic nitrogens is 4. The highest BCUT2D eigenvalue weighted by atomic mass is 32.1. The first-order valence-electron chi connectivity index (χ1n) is 11.6. The summed E-state index contributed by atoms with van der Waals surface area (Å²) >= 11 is 1.76. The molecule has 6 aromatic rings. The van der Waals surface area contributed by atoms with Crippen LogP contribution in [0.1, 0.15) is 11.9 Å². The molecule has 0 radical (unpaired) electrons. The first-order chi connectivity index (χ1) is 17.3. The van der Waals surface area contributed by atoms with Crippen LogP contribution in [0.5, 0.6) is 0 Å². The van der Waals surface area contributed by atoms with E-state index in [1.54, 1.807) is 11.3 Å². The zero-order valence-corrected chi connectivity index (χ0v) is 20.0. The molecule has 4 aromatic carbocycles. The summed E-state index contributed by atoms with van der Waals surface area (Å²) in [5, 5.41) is 1.16. The monoisotopic (exact) mass is 470 g/mol. The van der Waals surface area contributed by atoms with Crippen LogP contribution in [0.25, 0.3) is 55.5 Å². The maximum absolute atomic E-state index is 4.93. The second kappa shape index (κ2) is 9.20. The number of thiazole rings is 1. The number of nitrogens with zero attached hydrogens (tertiary/aromatic N) is 4. The molecule has 0 amide bonds. The van der Waals surface area contributed by atoms with E-state index in [1.807, 2.05) is 66.7 Å². The van der Waals surface area contributed by atoms with Gasteiger partial charge in [0, 0.05) is 16.7 Å². The standard InChI is InChI=1S/C30H22N4S/c1-2-27-31-25-19-22(17-18-26(25)35-27)23-15-9-10-16-24(23)30-33-28(20-11-5-3-6-12-20)32-29(34-30)21-13-7-4-8-14-21/h3-19H,2H2,1H3. The number of fused-ring (bicyclic) bond motifs is 1. The van der Waals surface area contributed by atoms with Gasteiger partial charge in [0.05, 0.1) is 15.2 Å². The van der Waals surface area contributed by atoms with E-state index in [0.717, 1.165) is 44.8 Å². The van der Waals surface area contributed by atoms with Crippen LogP contribution in [-0.4, -0.2) is 19.9 Å². The van der Waals surface area contributed by atoms with Gasteiger partial charge in [-0.2, -0.15) is 0 Å². The van der Waals surface area contributed by atoms with Gasteiger partial charge >= 0.3 is 0 Å². The largest absolute Gasteiger partial charge is 0.241 e. The Hall–Kier alpha value is -4.22. The van der Waals surface area contributed by atoms with E-state index in [4.69, 9.17) is 19.9 Å². The molecule has 0 saturated heterocycles. The number of benzene rings is 4. The highest BCUT2D eigenvalue weighted by Gasteiger charge is 2.16. The Kier molecular flexibility index (Phi) is 5.60. The summed E-state index contributed by atoms with van der Waals surface area (Å²) in [6.45, 7) is 2.14. The number of aryl methyl sites for hydroxylation is 1. The van der Waals surface area contributed by atoms with Gasteiger partial charge in [-0.05, 0) is 29.7 Å². The second-order valence-electron chi connectivity index (χ2n) is 8.23. The Labute approximate surface area is 208 Å². The molecular weight excluding hydrogens is 448 g/mol. The molecule has 0 fully saturated rings. The summed E-state index contributed by atoms with van der Waals surface area (Å²) in [7, 11) is 0. The van der Waals surface area contributed by atoms with Crippen molar-refractivity contribution in [3.63, 3.8) is 0 Å². The average molecular weight is 471 g/mol. The molecule has 2 aromatic heterocycles. The summed E-state index contributed by atoms with van der Waals surface area (Å²) < 4.78 is 1.21. The highest BCUT2D eigenvalue weighted by Crippen LogP contribution is 2.34. The third kappa shape index (κ3) is 4.22. The van der Waals surface area contributed by atoms with Gasteiger partial charge in [-0.15, -0.1) is 11.3 Å². The van der Waals surface area contributed by atoms with E-state index in [-0.39, 0.29) is 0 Å². The van der Waals surface area contributed by atoms with Crippen molar-refractivity contribution >= 4 is 21.6 Å². The van der Waals surface area contributed by atoms with E-state index < -0.39 is 0 Å². The Balaban J connectivity index is 1.54. The van der Waals surface area contributed by atoms with E-state index >= 15 is 0 Å². The molecule has 0 unspecified atom stereocenters. The summed E-state index contributed by atoms with van der Waals surface area (Å²) in [4.78, 5) is 19.5. The smallest absolute Gasteiger partial charge is 0.164 e. The van der Waals surface area contributed by atoms with E-state index in [9.17, 15) is 0 Å². The minimum atomic E-state index is 0.654. The van der Waals surface area contributed by atoms with E-state index in [2.05, 4.69) is 43.3 Å². The normalized spacial score (nSPS) is 11.1. The lowest BCUT2D eigenvalue weighted by molar-refractivity contribution is 1.07. The Morgan fingerprint density at radius 2 is 1.11 bits per heavy atom. The van der Waals surface area contributed by atoms with Crippen LogP contribution in [-0.2, 0) is 6.42 Å². The zero-order chi connectivity index (χ0) is 23.6. The summed E-state index contributed by atoms with van der Waals surface area (Å²) in [5.74, 6) is 1.97. The molecule has 0 aliphatic carbocycles. The SMILES string of the molecule is CCc1nc2cc(-c3ccccc3-c3nc(-c4ccccc4)nc(-c4ccccc4)n3)ccc2s1. The van der Waals surface area contributed by atoms with Crippen LogP contribution in [0.2, 0.25) is 0 Å². The van der Waals surface area contributed by atoms with Crippen molar-refractivity contribution in [1.29, 1.82) is 0 Å². The molecular formula is C30H22N4S. The fourth-order valence-corrected chi connectivity index (χ4v) is 5.04. The molecule has 4 nitrogen and oxygen atoms in total. The lowest BCUT2D eigenvalue weighted by Gasteiger charge is -2.12. The Bertz CT molecular complexity index is 1570. The van der Waals surface area contributed by atoms with Gasteiger partial charge < -0.3 is 0 Å². The molecule has 35 heavy (non-hydrogen) atoms. The maximum atomic E-state index is 4.93. The second-order valence-corrected chi connectivity index (χ2v) is 9.34. The van der Waals surface area contributed by atoms with Gasteiger partial charge in [-0.1, -0.05) is 97.9 Å². The fourth-order valence-electron chi connectivity index (χ4n) is 4.15. The van der Waals surface area contributed by atoms with Crippen LogP contribution in [0, 0.1) is 0 Å². The van der Waals surface area contributed by atoms with Crippen LogP contribution >= 0.6 is 11.3 Å². The van der Waals surface area contributed by atoms with Crippen LogP contribution < -0.4 is 0 Å².